The molecule has 0 aliphatic heterocycles. The van der Waals surface area contributed by atoms with Gasteiger partial charge in [-0.25, -0.2) is 4.98 Å². The number of hydrogen-bond acceptors (Lipinski definition) is 3. The summed E-state index contributed by atoms with van der Waals surface area (Å²) in [5.74, 6) is -1.13. The van der Waals surface area contributed by atoms with Crippen LogP contribution in [-0.4, -0.2) is 28.5 Å². The molecule has 0 aliphatic carbocycles. The van der Waals surface area contributed by atoms with Crippen molar-refractivity contribution in [3.8, 4) is 0 Å². The normalized spacial score (nSPS) is 11.9. The zero-order chi connectivity index (χ0) is 13.5. The Labute approximate surface area is 114 Å². The van der Waals surface area contributed by atoms with E-state index in [1.807, 2.05) is 6.92 Å². The topological polar surface area (TPSA) is 79.3 Å². The summed E-state index contributed by atoms with van der Waals surface area (Å²) >= 11 is 3.19. The minimum Gasteiger partial charge on any atom is -0.481 e. The highest BCUT2D eigenvalue weighted by Crippen LogP contribution is 2.08. The number of rotatable bonds is 6. The summed E-state index contributed by atoms with van der Waals surface area (Å²) in [7, 11) is 0. The lowest BCUT2D eigenvalue weighted by atomic mass is 10.0. The van der Waals surface area contributed by atoms with Gasteiger partial charge >= 0.3 is 5.97 Å². The molecule has 0 saturated carbocycles. The largest absolute Gasteiger partial charge is 0.481 e. The molecule has 6 heteroatoms. The predicted octanol–water partition coefficient (Wildman–Crippen LogP) is 2.07. The number of halogens is 1. The molecule has 5 nitrogen and oxygen atoms in total. The Morgan fingerprint density at radius 1 is 1.50 bits per heavy atom. The van der Waals surface area contributed by atoms with Crippen molar-refractivity contribution in [2.24, 2.45) is 5.92 Å². The first-order chi connectivity index (χ1) is 8.52. The number of carbonyl (C=O) groups is 2. The molecular weight excluding hydrogens is 300 g/mol. The number of aromatic nitrogens is 1. The minimum absolute atomic E-state index is 0.0464. The maximum Gasteiger partial charge on any atom is 0.303 e. The molecular formula is C12H15BrN2O3. The Hall–Kier alpha value is -1.43. The molecule has 1 atom stereocenters. The van der Waals surface area contributed by atoms with Crippen LogP contribution in [0.4, 0.5) is 0 Å². The van der Waals surface area contributed by atoms with Gasteiger partial charge in [0.05, 0.1) is 5.56 Å². The van der Waals surface area contributed by atoms with Gasteiger partial charge in [0.15, 0.2) is 0 Å². The Morgan fingerprint density at radius 2 is 2.22 bits per heavy atom. The lowest BCUT2D eigenvalue weighted by Crippen LogP contribution is -2.30. The molecule has 1 rings (SSSR count). The molecule has 0 aliphatic rings. The Kier molecular flexibility index (Phi) is 5.77. The fraction of sp³-hybridized carbons (Fsp3) is 0.417. The summed E-state index contributed by atoms with van der Waals surface area (Å²) in [6.45, 7) is 2.26. The number of carboxylic acids is 1. The van der Waals surface area contributed by atoms with Crippen molar-refractivity contribution in [2.45, 2.75) is 19.8 Å². The number of pyridine rings is 1. The monoisotopic (exact) mass is 314 g/mol. The van der Waals surface area contributed by atoms with E-state index < -0.39 is 5.97 Å². The minimum atomic E-state index is -0.846. The van der Waals surface area contributed by atoms with Crippen molar-refractivity contribution in [1.82, 2.24) is 10.3 Å². The van der Waals surface area contributed by atoms with Gasteiger partial charge in [0, 0.05) is 19.2 Å². The molecule has 1 aromatic rings. The van der Waals surface area contributed by atoms with Crippen molar-refractivity contribution in [2.75, 3.05) is 6.54 Å². The van der Waals surface area contributed by atoms with Crippen LogP contribution >= 0.6 is 15.9 Å². The van der Waals surface area contributed by atoms with E-state index in [4.69, 9.17) is 5.11 Å². The number of hydrogen-bond donors (Lipinski definition) is 2. The number of nitrogens with zero attached hydrogens (tertiary/aromatic N) is 1. The molecule has 1 amide bonds. The van der Waals surface area contributed by atoms with E-state index in [9.17, 15) is 9.59 Å². The van der Waals surface area contributed by atoms with Crippen LogP contribution in [0, 0.1) is 5.92 Å². The van der Waals surface area contributed by atoms with E-state index in [-0.39, 0.29) is 18.2 Å². The molecule has 0 spiro atoms. The second kappa shape index (κ2) is 7.10. The lowest BCUT2D eigenvalue weighted by Gasteiger charge is -2.13. The first-order valence-electron chi connectivity index (χ1n) is 5.64. The van der Waals surface area contributed by atoms with Crippen LogP contribution < -0.4 is 5.32 Å². The Balaban J connectivity index is 2.49. The van der Waals surface area contributed by atoms with Crippen molar-refractivity contribution < 1.29 is 14.7 Å². The summed E-state index contributed by atoms with van der Waals surface area (Å²) in [5.41, 5.74) is 0.461. The molecule has 0 aromatic carbocycles. The predicted molar refractivity (Wildman–Crippen MR) is 70.3 cm³/mol. The van der Waals surface area contributed by atoms with Crippen molar-refractivity contribution in [1.29, 1.82) is 0 Å². The maximum absolute atomic E-state index is 11.7. The molecule has 98 valence electrons. The van der Waals surface area contributed by atoms with Gasteiger partial charge in [0.25, 0.3) is 5.91 Å². The standard InChI is InChI=1S/C12H15BrN2O3/c1-2-8(5-11(16)17)6-15-12(18)9-3-4-10(13)14-7-9/h3-4,7-8H,2,5-6H2,1H3,(H,15,18)(H,16,17). The molecule has 2 N–H and O–H groups in total. The quantitative estimate of drug-likeness (QED) is 0.788. The van der Waals surface area contributed by atoms with E-state index in [2.05, 4.69) is 26.2 Å². The number of amides is 1. The molecule has 18 heavy (non-hydrogen) atoms. The molecule has 0 bridgehead atoms. The van der Waals surface area contributed by atoms with E-state index in [0.29, 0.717) is 23.1 Å². The highest BCUT2D eigenvalue weighted by Gasteiger charge is 2.13. The summed E-state index contributed by atoms with van der Waals surface area (Å²) in [4.78, 5) is 26.3. The van der Waals surface area contributed by atoms with Gasteiger partial charge in [-0.3, -0.25) is 9.59 Å². The van der Waals surface area contributed by atoms with Gasteiger partial charge in [-0.2, -0.15) is 0 Å². The average molecular weight is 315 g/mol. The Morgan fingerprint density at radius 3 is 2.72 bits per heavy atom. The third-order valence-electron chi connectivity index (χ3n) is 2.58. The van der Waals surface area contributed by atoms with Gasteiger partial charge < -0.3 is 10.4 Å². The molecule has 0 radical (unpaired) electrons. The van der Waals surface area contributed by atoms with E-state index in [1.165, 1.54) is 6.20 Å². The first kappa shape index (κ1) is 14.6. The van der Waals surface area contributed by atoms with Crippen LogP contribution in [0.25, 0.3) is 0 Å². The third-order valence-corrected chi connectivity index (χ3v) is 3.05. The van der Waals surface area contributed by atoms with Crippen LogP contribution in [0.3, 0.4) is 0 Å². The molecule has 1 unspecified atom stereocenters. The molecule has 0 saturated heterocycles. The van der Waals surface area contributed by atoms with E-state index >= 15 is 0 Å². The van der Waals surface area contributed by atoms with Crippen LogP contribution in [0.15, 0.2) is 22.9 Å². The summed E-state index contributed by atoms with van der Waals surface area (Å²) < 4.78 is 0.663. The number of aliphatic carboxylic acids is 1. The van der Waals surface area contributed by atoms with Gasteiger partial charge in [-0.05, 0) is 34.0 Å². The molecule has 1 aromatic heterocycles. The zero-order valence-corrected chi connectivity index (χ0v) is 11.6. The second-order valence-electron chi connectivity index (χ2n) is 3.95. The average Bonchev–Trinajstić information content (AvgIpc) is 2.34. The lowest BCUT2D eigenvalue weighted by molar-refractivity contribution is -0.138. The molecule has 0 fully saturated rings. The smallest absolute Gasteiger partial charge is 0.303 e. The van der Waals surface area contributed by atoms with Crippen LogP contribution in [0.1, 0.15) is 30.1 Å². The summed E-state index contributed by atoms with van der Waals surface area (Å²) in [6, 6.07) is 3.34. The van der Waals surface area contributed by atoms with E-state index in [1.54, 1.807) is 12.1 Å². The fourth-order valence-corrected chi connectivity index (χ4v) is 1.69. The van der Waals surface area contributed by atoms with Gasteiger partial charge in [-0.15, -0.1) is 0 Å². The van der Waals surface area contributed by atoms with Crippen LogP contribution in [0.5, 0.6) is 0 Å². The summed E-state index contributed by atoms with van der Waals surface area (Å²) in [5, 5.41) is 11.4. The highest BCUT2D eigenvalue weighted by molar-refractivity contribution is 9.10. The van der Waals surface area contributed by atoms with Gasteiger partial charge in [0.2, 0.25) is 0 Å². The number of carboxylic acid groups (broad SMARTS) is 1. The summed E-state index contributed by atoms with van der Waals surface area (Å²) in [6.07, 6.45) is 2.25. The Bertz CT molecular complexity index is 420. The number of carbonyl (C=O) groups excluding carboxylic acids is 1. The van der Waals surface area contributed by atoms with Crippen molar-refractivity contribution >= 4 is 27.8 Å². The zero-order valence-electron chi connectivity index (χ0n) is 10.0. The van der Waals surface area contributed by atoms with Crippen LogP contribution in [-0.2, 0) is 4.79 Å². The van der Waals surface area contributed by atoms with Crippen LogP contribution in [0.2, 0.25) is 0 Å². The first-order valence-corrected chi connectivity index (χ1v) is 6.43. The highest BCUT2D eigenvalue weighted by atomic mass is 79.9. The second-order valence-corrected chi connectivity index (χ2v) is 4.76. The molecule has 1 heterocycles. The van der Waals surface area contributed by atoms with Gasteiger partial charge in [0.1, 0.15) is 4.60 Å². The van der Waals surface area contributed by atoms with E-state index in [0.717, 1.165) is 0 Å². The third kappa shape index (κ3) is 4.83. The maximum atomic E-state index is 11.7. The van der Waals surface area contributed by atoms with Crippen molar-refractivity contribution in [3.05, 3.63) is 28.5 Å². The van der Waals surface area contributed by atoms with Crippen molar-refractivity contribution in [3.63, 3.8) is 0 Å². The van der Waals surface area contributed by atoms with Gasteiger partial charge in [-0.1, -0.05) is 13.3 Å². The SMILES string of the molecule is CCC(CNC(=O)c1ccc(Br)nc1)CC(=O)O. The number of nitrogens with one attached hydrogen (secondary N) is 1. The fourth-order valence-electron chi connectivity index (χ4n) is 1.46.